The zero-order chi connectivity index (χ0) is 21.8. The molecule has 0 heterocycles. The van der Waals surface area contributed by atoms with Crippen LogP contribution in [-0.4, -0.2) is 49.1 Å². The quantitative estimate of drug-likeness (QED) is 0.111. The van der Waals surface area contributed by atoms with E-state index in [1.54, 1.807) is 0 Å². The minimum absolute atomic E-state index is 0. The van der Waals surface area contributed by atoms with E-state index in [-0.39, 0.29) is 110 Å². The van der Waals surface area contributed by atoms with Crippen LogP contribution in [0, 0.1) is 5.41 Å². The van der Waals surface area contributed by atoms with Gasteiger partial charge < -0.3 is 14.8 Å². The van der Waals surface area contributed by atoms with Gasteiger partial charge in [-0.25, -0.2) is 0 Å². The zero-order valence-electron chi connectivity index (χ0n) is 18.1. The summed E-state index contributed by atoms with van der Waals surface area (Å²) in [6.07, 6.45) is 1.30. The number of esters is 2. The largest absolute Gasteiger partial charge is 0.462 e. The van der Waals surface area contributed by atoms with Gasteiger partial charge in [-0.3, -0.25) is 24.5 Å². The van der Waals surface area contributed by atoms with Crippen LogP contribution in [0.15, 0.2) is 0 Å². The maximum Gasteiger partial charge on any atom is 0.315 e. The van der Waals surface area contributed by atoms with Crippen molar-refractivity contribution in [2.24, 2.45) is 5.41 Å². The molecule has 8 heteroatoms. The summed E-state index contributed by atoms with van der Waals surface area (Å²) >= 11 is 0. The van der Waals surface area contributed by atoms with Gasteiger partial charge >= 0.3 is 11.9 Å². The molecule has 37 heavy (non-hydrogen) atoms. The molecular weight excluding hydrogens is 472 g/mol. The van der Waals surface area contributed by atoms with Gasteiger partial charge in [-0.1, -0.05) is 87.6 Å². The lowest BCUT2D eigenvalue weighted by Crippen LogP contribution is -2.44. The van der Waals surface area contributed by atoms with Crippen molar-refractivity contribution < 1.29 is 28.7 Å². The van der Waals surface area contributed by atoms with Crippen LogP contribution >= 0.6 is 0 Å². The van der Waals surface area contributed by atoms with E-state index in [0.717, 1.165) is 12.8 Å². The molecule has 0 aliphatic heterocycles. The van der Waals surface area contributed by atoms with Gasteiger partial charge in [-0.2, -0.15) is 0 Å². The molecule has 0 bridgehead atoms. The summed E-state index contributed by atoms with van der Waals surface area (Å²) < 4.78 is 9.71. The lowest BCUT2D eigenvalue weighted by Gasteiger charge is -2.20. The predicted octanol–water partition coefficient (Wildman–Crippen LogP) is 7.83. The lowest BCUT2D eigenvalue weighted by atomic mass is 9.89. The Labute approximate surface area is 234 Å². The number of rotatable bonds is 12. The summed E-state index contributed by atoms with van der Waals surface area (Å²) in [5, 5.41) is 5.61. The fourth-order valence-corrected chi connectivity index (χ4v) is 2.08. The summed E-state index contributed by atoms with van der Waals surface area (Å²) in [5.74, 6) is -1.96. The fourth-order valence-electron chi connectivity index (χ4n) is 2.08. The molecule has 1 amide bonds. The van der Waals surface area contributed by atoms with Crippen molar-refractivity contribution in [1.29, 1.82) is 0 Å². The molecule has 8 nitrogen and oxygen atoms in total. The van der Waals surface area contributed by atoms with E-state index >= 15 is 0 Å². The van der Waals surface area contributed by atoms with E-state index < -0.39 is 24.3 Å². The first-order valence-electron chi connectivity index (χ1n) is 9.63. The van der Waals surface area contributed by atoms with Crippen LogP contribution in [0.25, 0.3) is 0 Å². The first-order chi connectivity index (χ1) is 12.8. The van der Waals surface area contributed by atoms with Crippen molar-refractivity contribution in [3.63, 3.8) is 0 Å². The van der Waals surface area contributed by atoms with Crippen LogP contribution in [0.4, 0.5) is 0 Å². The molecule has 234 valence electrons. The maximum atomic E-state index is 11.7. The molecule has 0 aliphatic rings. The summed E-state index contributed by atoms with van der Waals surface area (Å²) in [5.41, 5.74) is 0.0102. The molecule has 0 saturated carbocycles. The molecule has 0 saturated heterocycles. The topological polar surface area (TPSA) is 111 Å². The Morgan fingerprint density at radius 2 is 1.05 bits per heavy atom. The van der Waals surface area contributed by atoms with Crippen LogP contribution in [0.2, 0.25) is 0 Å². The van der Waals surface area contributed by atoms with E-state index in [9.17, 15) is 19.2 Å². The van der Waals surface area contributed by atoms with Gasteiger partial charge in [0.2, 0.25) is 5.91 Å². The van der Waals surface area contributed by atoms with Crippen LogP contribution in [0.1, 0.15) is 140 Å². The predicted molar refractivity (Wildman–Crippen MR) is 166 cm³/mol. The summed E-state index contributed by atoms with van der Waals surface area (Å²) in [7, 11) is 0. The van der Waals surface area contributed by atoms with Crippen molar-refractivity contribution in [1.82, 2.24) is 10.6 Å². The normalized spacial score (nSPS) is 8.81. The van der Waals surface area contributed by atoms with Gasteiger partial charge in [-0.05, 0) is 39.0 Å². The van der Waals surface area contributed by atoms with Gasteiger partial charge in [0.1, 0.15) is 31.8 Å². The molecule has 0 atom stereocenters. The first-order valence-corrected chi connectivity index (χ1v) is 9.63. The standard InChI is InChI=1S/C20H36N2O6.9CH4/c1-19(2,3)9-7-8-15(23)12-17(25)27-10-11-28-18(26)13-16(24)21-14-22-20(4,5)6;;;;;;;;;/h22H,7-14H2,1-6H3,(H,21,24);9*1H4. The lowest BCUT2D eigenvalue weighted by molar-refractivity contribution is -0.154. The van der Waals surface area contributed by atoms with Crippen molar-refractivity contribution in [3.05, 3.63) is 0 Å². The number of carbonyl (C=O) groups excluding carboxylic acids is 4. The van der Waals surface area contributed by atoms with Gasteiger partial charge in [0.15, 0.2) is 0 Å². The van der Waals surface area contributed by atoms with Gasteiger partial charge in [-0.15, -0.1) is 0 Å². The van der Waals surface area contributed by atoms with Crippen molar-refractivity contribution in [2.45, 2.75) is 146 Å². The molecular formula is C29H72N2O6. The highest BCUT2D eigenvalue weighted by atomic mass is 16.6. The molecule has 0 spiro atoms. The average molecular weight is 545 g/mol. The molecule has 2 N–H and O–H groups in total. The molecule has 0 aliphatic carbocycles. The molecule has 0 rings (SSSR count). The second kappa shape index (κ2) is 32.1. The number of Topliss-reactive ketones (excluding diaryl/α,β-unsaturated/α-hetero) is 1. The number of ether oxygens (including phenoxy) is 2. The third-order valence-corrected chi connectivity index (χ3v) is 3.54. The van der Waals surface area contributed by atoms with E-state index in [2.05, 4.69) is 31.4 Å². The van der Waals surface area contributed by atoms with Gasteiger partial charge in [0.25, 0.3) is 0 Å². The molecule has 0 aromatic rings. The molecule has 0 fully saturated rings. The molecule has 0 aromatic carbocycles. The SMILES string of the molecule is C.C.C.C.C.C.C.C.C.CC(C)(C)CCCC(=O)CC(=O)OCCOC(=O)CC(=O)NCNC(C)(C)C. The Balaban J connectivity index is -0.000000101. The Kier molecular flexibility index (Phi) is 56.1. The van der Waals surface area contributed by atoms with E-state index in [1.807, 2.05) is 20.8 Å². The highest BCUT2D eigenvalue weighted by molar-refractivity contribution is 5.95. The third-order valence-electron chi connectivity index (χ3n) is 3.54. The van der Waals surface area contributed by atoms with Crippen molar-refractivity contribution in [3.8, 4) is 0 Å². The monoisotopic (exact) mass is 545 g/mol. The van der Waals surface area contributed by atoms with Crippen LogP contribution < -0.4 is 10.6 Å². The maximum absolute atomic E-state index is 11.7. The molecule has 0 aromatic heterocycles. The second-order valence-electron chi connectivity index (χ2n) is 8.95. The highest BCUT2D eigenvalue weighted by Crippen LogP contribution is 2.21. The van der Waals surface area contributed by atoms with Crippen LogP contribution in [0.3, 0.4) is 0 Å². The van der Waals surface area contributed by atoms with Gasteiger partial charge in [0, 0.05) is 12.0 Å². The summed E-state index contributed by atoms with van der Waals surface area (Å²) in [6.45, 7) is 12.1. The van der Waals surface area contributed by atoms with E-state index in [4.69, 9.17) is 9.47 Å². The minimum atomic E-state index is -0.706. The second-order valence-corrected chi connectivity index (χ2v) is 8.95. The van der Waals surface area contributed by atoms with Gasteiger partial charge in [0.05, 0.1) is 6.67 Å². The fraction of sp³-hybridized carbons (Fsp3) is 0.862. The smallest absolute Gasteiger partial charge is 0.315 e. The van der Waals surface area contributed by atoms with E-state index in [1.165, 1.54) is 0 Å². The molecule has 0 radical (unpaired) electrons. The number of nitrogens with one attached hydrogen (secondary N) is 2. The summed E-state index contributed by atoms with van der Waals surface area (Å²) in [4.78, 5) is 46.4. The Bertz CT molecular complexity index is 487. The van der Waals surface area contributed by atoms with Crippen molar-refractivity contribution >= 4 is 23.6 Å². The first kappa shape index (κ1) is 64.8. The van der Waals surface area contributed by atoms with Crippen LogP contribution in [0.5, 0.6) is 0 Å². The molecule has 0 unspecified atom stereocenters. The van der Waals surface area contributed by atoms with Crippen LogP contribution in [-0.2, 0) is 28.7 Å². The van der Waals surface area contributed by atoms with E-state index in [0.29, 0.717) is 6.42 Å². The number of carbonyl (C=O) groups is 4. The van der Waals surface area contributed by atoms with Crippen molar-refractivity contribution in [2.75, 3.05) is 19.9 Å². The zero-order valence-corrected chi connectivity index (χ0v) is 18.1. The Morgan fingerprint density at radius 1 is 0.649 bits per heavy atom. The Hall–Kier alpha value is -1.96. The number of hydrogen-bond acceptors (Lipinski definition) is 7. The average Bonchev–Trinajstić information content (AvgIpc) is 2.48. The number of hydrogen-bond donors (Lipinski definition) is 2. The minimum Gasteiger partial charge on any atom is -0.462 e. The number of amides is 1. The highest BCUT2D eigenvalue weighted by Gasteiger charge is 2.15. The Morgan fingerprint density at radius 3 is 1.43 bits per heavy atom. The number of ketones is 1. The summed E-state index contributed by atoms with van der Waals surface area (Å²) in [6, 6.07) is 0. The third kappa shape index (κ3) is 47.8.